The summed E-state index contributed by atoms with van der Waals surface area (Å²) in [6, 6.07) is 6.81. The predicted octanol–water partition coefficient (Wildman–Crippen LogP) is 3.19. The van der Waals surface area contributed by atoms with Crippen LogP contribution in [0.2, 0.25) is 0 Å². The molecule has 0 radical (unpaired) electrons. The first-order valence-corrected chi connectivity index (χ1v) is 7.24. The van der Waals surface area contributed by atoms with E-state index in [1.807, 2.05) is 0 Å². The molecule has 1 aliphatic rings. The van der Waals surface area contributed by atoms with Crippen LogP contribution in [0.4, 0.5) is 4.39 Å². The van der Waals surface area contributed by atoms with Gasteiger partial charge in [-0.05, 0) is 49.4 Å². The Balaban J connectivity index is 2.02. The highest BCUT2D eigenvalue weighted by atomic mass is 19.1. The lowest BCUT2D eigenvalue weighted by Crippen LogP contribution is -2.47. The first-order chi connectivity index (χ1) is 8.99. The molecule has 1 fully saturated rings. The van der Waals surface area contributed by atoms with Crippen molar-refractivity contribution in [1.29, 1.82) is 0 Å². The van der Waals surface area contributed by atoms with Crippen LogP contribution in [0, 0.1) is 17.7 Å². The molecule has 0 aliphatic carbocycles. The SMILES string of the molecule is CC1CCN(C(C)C(N)c2ccc(F)cc2)CC1C. The van der Waals surface area contributed by atoms with E-state index in [0.29, 0.717) is 6.04 Å². The topological polar surface area (TPSA) is 29.3 Å². The maximum atomic E-state index is 12.9. The number of halogens is 1. The van der Waals surface area contributed by atoms with Crippen LogP contribution in [-0.4, -0.2) is 24.0 Å². The summed E-state index contributed by atoms with van der Waals surface area (Å²) in [5.41, 5.74) is 7.35. The molecule has 1 aromatic rings. The van der Waals surface area contributed by atoms with E-state index >= 15 is 0 Å². The van der Waals surface area contributed by atoms with Crippen LogP contribution < -0.4 is 5.73 Å². The minimum atomic E-state index is -0.205. The molecule has 4 unspecified atom stereocenters. The van der Waals surface area contributed by atoms with Gasteiger partial charge in [-0.25, -0.2) is 4.39 Å². The van der Waals surface area contributed by atoms with Crippen molar-refractivity contribution in [3.05, 3.63) is 35.6 Å². The third-order valence-electron chi connectivity index (χ3n) is 4.72. The molecule has 0 amide bonds. The number of piperidine rings is 1. The zero-order valence-electron chi connectivity index (χ0n) is 12.1. The van der Waals surface area contributed by atoms with Gasteiger partial charge in [-0.2, -0.15) is 0 Å². The highest BCUT2D eigenvalue weighted by Crippen LogP contribution is 2.27. The van der Waals surface area contributed by atoms with E-state index in [4.69, 9.17) is 5.73 Å². The molecule has 3 heteroatoms. The number of benzene rings is 1. The minimum Gasteiger partial charge on any atom is -0.323 e. The summed E-state index contributed by atoms with van der Waals surface area (Å²) in [4.78, 5) is 2.47. The van der Waals surface area contributed by atoms with Gasteiger partial charge in [0, 0.05) is 18.6 Å². The summed E-state index contributed by atoms with van der Waals surface area (Å²) < 4.78 is 12.9. The predicted molar refractivity (Wildman–Crippen MR) is 77.3 cm³/mol. The van der Waals surface area contributed by atoms with Gasteiger partial charge in [-0.15, -0.1) is 0 Å². The van der Waals surface area contributed by atoms with Gasteiger partial charge in [0.25, 0.3) is 0 Å². The number of nitrogens with zero attached hydrogens (tertiary/aromatic N) is 1. The molecule has 1 heterocycles. The Morgan fingerprint density at radius 2 is 1.84 bits per heavy atom. The van der Waals surface area contributed by atoms with Crippen molar-refractivity contribution in [2.24, 2.45) is 17.6 Å². The molecule has 1 aromatic carbocycles. The smallest absolute Gasteiger partial charge is 0.123 e. The lowest BCUT2D eigenvalue weighted by molar-refractivity contribution is 0.0908. The Morgan fingerprint density at radius 1 is 1.21 bits per heavy atom. The Bertz CT molecular complexity index is 404. The fourth-order valence-corrected chi connectivity index (χ4v) is 2.86. The largest absolute Gasteiger partial charge is 0.323 e. The van der Waals surface area contributed by atoms with Crippen LogP contribution in [0.25, 0.3) is 0 Å². The highest BCUT2D eigenvalue weighted by Gasteiger charge is 2.28. The van der Waals surface area contributed by atoms with E-state index in [-0.39, 0.29) is 11.9 Å². The number of hydrogen-bond donors (Lipinski definition) is 1. The molecule has 2 nitrogen and oxygen atoms in total. The zero-order chi connectivity index (χ0) is 14.0. The van der Waals surface area contributed by atoms with Crippen LogP contribution in [0.3, 0.4) is 0 Å². The Kier molecular flexibility index (Phi) is 4.58. The van der Waals surface area contributed by atoms with E-state index < -0.39 is 0 Å². The van der Waals surface area contributed by atoms with Crippen LogP contribution in [0.15, 0.2) is 24.3 Å². The second-order valence-electron chi connectivity index (χ2n) is 6.06. The molecule has 2 N–H and O–H groups in total. The van der Waals surface area contributed by atoms with Gasteiger partial charge >= 0.3 is 0 Å². The van der Waals surface area contributed by atoms with Crippen LogP contribution in [0.5, 0.6) is 0 Å². The standard InChI is InChI=1S/C16H25FN2/c1-11-8-9-19(10-12(11)2)13(3)16(18)14-4-6-15(17)7-5-14/h4-7,11-13,16H,8-10,18H2,1-3H3. The third-order valence-corrected chi connectivity index (χ3v) is 4.72. The molecule has 0 bridgehead atoms. The second-order valence-corrected chi connectivity index (χ2v) is 6.06. The summed E-state index contributed by atoms with van der Waals surface area (Å²) >= 11 is 0. The normalized spacial score (nSPS) is 28.1. The molecule has 0 spiro atoms. The summed E-state index contributed by atoms with van der Waals surface area (Å²) in [5.74, 6) is 1.31. The van der Waals surface area contributed by atoms with Crippen LogP contribution in [-0.2, 0) is 0 Å². The van der Waals surface area contributed by atoms with Gasteiger partial charge in [-0.1, -0.05) is 26.0 Å². The highest BCUT2D eigenvalue weighted by molar-refractivity contribution is 5.21. The number of likely N-dealkylation sites (tertiary alicyclic amines) is 1. The van der Waals surface area contributed by atoms with Crippen molar-refractivity contribution >= 4 is 0 Å². The Morgan fingerprint density at radius 3 is 2.42 bits per heavy atom. The van der Waals surface area contributed by atoms with Gasteiger partial charge in [0.1, 0.15) is 5.82 Å². The van der Waals surface area contributed by atoms with E-state index in [0.717, 1.165) is 30.5 Å². The fourth-order valence-electron chi connectivity index (χ4n) is 2.86. The van der Waals surface area contributed by atoms with Gasteiger partial charge < -0.3 is 5.73 Å². The molecular formula is C16H25FN2. The number of rotatable bonds is 3. The van der Waals surface area contributed by atoms with E-state index in [9.17, 15) is 4.39 Å². The summed E-state index contributed by atoms with van der Waals surface area (Å²) in [7, 11) is 0. The van der Waals surface area contributed by atoms with E-state index in [2.05, 4.69) is 25.7 Å². The molecular weight excluding hydrogens is 239 g/mol. The van der Waals surface area contributed by atoms with Crippen LogP contribution in [0.1, 0.15) is 38.8 Å². The van der Waals surface area contributed by atoms with Crippen LogP contribution >= 0.6 is 0 Å². The molecule has 0 aromatic heterocycles. The van der Waals surface area contributed by atoms with Gasteiger partial charge in [0.15, 0.2) is 0 Å². The number of hydrogen-bond acceptors (Lipinski definition) is 2. The molecule has 106 valence electrons. The third kappa shape index (κ3) is 3.34. The average molecular weight is 264 g/mol. The lowest BCUT2D eigenvalue weighted by atomic mass is 9.87. The van der Waals surface area contributed by atoms with Crippen molar-refractivity contribution in [3.8, 4) is 0 Å². The minimum absolute atomic E-state index is 0.0544. The summed E-state index contributed by atoms with van der Waals surface area (Å²) in [5, 5.41) is 0. The summed E-state index contributed by atoms with van der Waals surface area (Å²) in [6.07, 6.45) is 1.24. The quantitative estimate of drug-likeness (QED) is 0.908. The lowest BCUT2D eigenvalue weighted by Gasteiger charge is -2.41. The maximum absolute atomic E-state index is 12.9. The number of nitrogens with two attached hydrogens (primary N) is 1. The van der Waals surface area contributed by atoms with E-state index in [1.54, 1.807) is 12.1 Å². The molecule has 2 rings (SSSR count). The molecule has 0 saturated carbocycles. The Hall–Kier alpha value is -0.930. The van der Waals surface area contributed by atoms with Crippen molar-refractivity contribution in [3.63, 3.8) is 0 Å². The average Bonchev–Trinajstić information content (AvgIpc) is 2.41. The fraction of sp³-hybridized carbons (Fsp3) is 0.625. The second kappa shape index (κ2) is 6.02. The van der Waals surface area contributed by atoms with Gasteiger partial charge in [-0.3, -0.25) is 4.90 Å². The Labute approximate surface area is 115 Å². The first kappa shape index (κ1) is 14.5. The molecule has 1 aliphatic heterocycles. The molecule has 1 saturated heterocycles. The summed E-state index contributed by atoms with van der Waals surface area (Å²) in [6.45, 7) is 9.04. The molecule has 4 atom stereocenters. The maximum Gasteiger partial charge on any atom is 0.123 e. The zero-order valence-corrected chi connectivity index (χ0v) is 12.1. The van der Waals surface area contributed by atoms with Crippen molar-refractivity contribution in [2.45, 2.75) is 39.3 Å². The van der Waals surface area contributed by atoms with E-state index in [1.165, 1.54) is 18.6 Å². The van der Waals surface area contributed by atoms with Crippen molar-refractivity contribution in [1.82, 2.24) is 4.90 Å². The molecule has 19 heavy (non-hydrogen) atoms. The monoisotopic (exact) mass is 264 g/mol. The van der Waals surface area contributed by atoms with Gasteiger partial charge in [0.2, 0.25) is 0 Å². The van der Waals surface area contributed by atoms with Gasteiger partial charge in [0.05, 0.1) is 0 Å². The van der Waals surface area contributed by atoms with Crippen molar-refractivity contribution in [2.75, 3.05) is 13.1 Å². The van der Waals surface area contributed by atoms with Crippen molar-refractivity contribution < 1.29 is 4.39 Å². The first-order valence-electron chi connectivity index (χ1n) is 7.24.